The largest absolute Gasteiger partial charge is 0.496 e. The molecule has 1 aliphatic carbocycles. The second-order valence-corrected chi connectivity index (χ2v) is 4.94. The predicted molar refractivity (Wildman–Crippen MR) is 70.5 cm³/mol. The average molecular weight is 248 g/mol. The van der Waals surface area contributed by atoms with Crippen molar-refractivity contribution in [1.29, 1.82) is 0 Å². The number of nitrogens with zero attached hydrogens (tertiary/aromatic N) is 1. The van der Waals surface area contributed by atoms with Gasteiger partial charge in [0.15, 0.2) is 0 Å². The first-order valence-corrected chi connectivity index (χ1v) is 6.23. The number of methoxy groups -OCH3 is 1. The molecule has 0 saturated heterocycles. The van der Waals surface area contributed by atoms with E-state index in [9.17, 15) is 4.79 Å². The molecule has 18 heavy (non-hydrogen) atoms. The summed E-state index contributed by atoms with van der Waals surface area (Å²) in [6, 6.07) is 7.87. The van der Waals surface area contributed by atoms with Gasteiger partial charge in [0.1, 0.15) is 5.75 Å². The summed E-state index contributed by atoms with van der Waals surface area (Å²) in [6.07, 6.45) is 2.40. The lowest BCUT2D eigenvalue weighted by Gasteiger charge is -2.21. The minimum atomic E-state index is -0.574. The molecular formula is C14H20N2O2. The SMILES string of the molecule is COc1ccccc1CCN(C)C(=O)C1(N)CC1. The zero-order valence-electron chi connectivity index (χ0n) is 11.0. The van der Waals surface area contributed by atoms with Crippen molar-refractivity contribution in [2.75, 3.05) is 20.7 Å². The van der Waals surface area contributed by atoms with Crippen LogP contribution < -0.4 is 10.5 Å². The number of benzene rings is 1. The molecule has 1 amide bonds. The van der Waals surface area contributed by atoms with E-state index in [4.69, 9.17) is 10.5 Å². The summed E-state index contributed by atoms with van der Waals surface area (Å²) in [7, 11) is 3.47. The van der Waals surface area contributed by atoms with E-state index >= 15 is 0 Å². The van der Waals surface area contributed by atoms with Crippen molar-refractivity contribution < 1.29 is 9.53 Å². The Balaban J connectivity index is 1.93. The smallest absolute Gasteiger partial charge is 0.242 e. The summed E-state index contributed by atoms with van der Waals surface area (Å²) in [5.74, 6) is 0.921. The maximum absolute atomic E-state index is 12.0. The Hall–Kier alpha value is -1.55. The van der Waals surface area contributed by atoms with Gasteiger partial charge in [-0.1, -0.05) is 18.2 Å². The predicted octanol–water partition coefficient (Wildman–Crippen LogP) is 1.19. The standard InChI is InChI=1S/C14H20N2O2/c1-16(13(17)14(15)8-9-14)10-7-11-5-3-4-6-12(11)18-2/h3-6H,7-10,15H2,1-2H3. The van der Waals surface area contributed by atoms with Crippen LogP contribution in [-0.4, -0.2) is 37.0 Å². The van der Waals surface area contributed by atoms with Crippen LogP contribution in [-0.2, 0) is 11.2 Å². The Labute approximate surface area is 108 Å². The summed E-state index contributed by atoms with van der Waals surface area (Å²) >= 11 is 0. The van der Waals surface area contributed by atoms with Gasteiger partial charge in [-0.15, -0.1) is 0 Å². The fourth-order valence-electron chi connectivity index (χ4n) is 2.03. The molecule has 1 aliphatic rings. The van der Waals surface area contributed by atoms with Crippen LogP contribution in [0.15, 0.2) is 24.3 Å². The Morgan fingerprint density at radius 1 is 1.44 bits per heavy atom. The summed E-state index contributed by atoms with van der Waals surface area (Å²) in [5.41, 5.74) is 6.44. The van der Waals surface area contributed by atoms with Crippen molar-refractivity contribution in [3.63, 3.8) is 0 Å². The molecule has 4 nitrogen and oxygen atoms in total. The Bertz CT molecular complexity index is 441. The van der Waals surface area contributed by atoms with Crippen molar-refractivity contribution in [2.24, 2.45) is 5.73 Å². The molecule has 0 bridgehead atoms. The topological polar surface area (TPSA) is 55.6 Å². The van der Waals surface area contributed by atoms with E-state index in [1.54, 1.807) is 12.0 Å². The van der Waals surface area contributed by atoms with Crippen molar-refractivity contribution >= 4 is 5.91 Å². The fourth-order valence-corrected chi connectivity index (χ4v) is 2.03. The van der Waals surface area contributed by atoms with Gasteiger partial charge in [0.2, 0.25) is 5.91 Å². The van der Waals surface area contributed by atoms with Gasteiger partial charge in [0.05, 0.1) is 12.6 Å². The average Bonchev–Trinajstić information content (AvgIpc) is 3.14. The highest BCUT2D eigenvalue weighted by molar-refractivity contribution is 5.88. The van der Waals surface area contributed by atoms with Crippen molar-refractivity contribution in [3.8, 4) is 5.75 Å². The van der Waals surface area contributed by atoms with Gasteiger partial charge in [-0.25, -0.2) is 0 Å². The van der Waals surface area contributed by atoms with Gasteiger partial charge in [-0.2, -0.15) is 0 Å². The lowest BCUT2D eigenvalue weighted by molar-refractivity contribution is -0.132. The van der Waals surface area contributed by atoms with E-state index in [1.807, 2.05) is 31.3 Å². The van der Waals surface area contributed by atoms with Gasteiger partial charge in [-0.05, 0) is 30.9 Å². The Kier molecular flexibility index (Phi) is 3.57. The molecule has 0 aromatic heterocycles. The molecule has 98 valence electrons. The van der Waals surface area contributed by atoms with E-state index in [1.165, 1.54) is 0 Å². The second-order valence-electron chi connectivity index (χ2n) is 4.94. The molecule has 1 saturated carbocycles. The van der Waals surface area contributed by atoms with E-state index in [0.29, 0.717) is 6.54 Å². The van der Waals surface area contributed by atoms with Crippen LogP contribution in [0, 0.1) is 0 Å². The zero-order valence-corrected chi connectivity index (χ0v) is 11.0. The summed E-state index contributed by atoms with van der Waals surface area (Å²) in [6.45, 7) is 0.665. The third-order valence-corrected chi connectivity index (χ3v) is 3.47. The molecule has 0 radical (unpaired) electrons. The molecule has 0 aliphatic heterocycles. The van der Waals surface area contributed by atoms with Crippen molar-refractivity contribution in [2.45, 2.75) is 24.8 Å². The maximum atomic E-state index is 12.0. The number of amides is 1. The van der Waals surface area contributed by atoms with Crippen LogP contribution in [0.1, 0.15) is 18.4 Å². The molecule has 1 fully saturated rings. The van der Waals surface area contributed by atoms with Crippen LogP contribution in [0.25, 0.3) is 0 Å². The minimum absolute atomic E-state index is 0.0531. The van der Waals surface area contributed by atoms with Crippen LogP contribution in [0.4, 0.5) is 0 Å². The molecular weight excluding hydrogens is 228 g/mol. The lowest BCUT2D eigenvalue weighted by atomic mass is 10.1. The first-order chi connectivity index (χ1) is 8.57. The highest BCUT2D eigenvalue weighted by Crippen LogP contribution is 2.33. The molecule has 0 spiro atoms. The van der Waals surface area contributed by atoms with E-state index in [0.717, 1.165) is 30.6 Å². The fraction of sp³-hybridized carbons (Fsp3) is 0.500. The highest BCUT2D eigenvalue weighted by atomic mass is 16.5. The minimum Gasteiger partial charge on any atom is -0.496 e. The number of carbonyl (C=O) groups excluding carboxylic acids is 1. The first kappa shape index (κ1) is 12.9. The number of hydrogen-bond acceptors (Lipinski definition) is 3. The van der Waals surface area contributed by atoms with Crippen molar-refractivity contribution in [1.82, 2.24) is 4.90 Å². The number of hydrogen-bond donors (Lipinski definition) is 1. The quantitative estimate of drug-likeness (QED) is 0.851. The molecule has 4 heteroatoms. The van der Waals surface area contributed by atoms with Crippen LogP contribution in [0.5, 0.6) is 5.75 Å². The maximum Gasteiger partial charge on any atom is 0.242 e. The van der Waals surface area contributed by atoms with Crippen molar-refractivity contribution in [3.05, 3.63) is 29.8 Å². The van der Waals surface area contributed by atoms with Gasteiger partial charge in [0, 0.05) is 13.6 Å². The van der Waals surface area contributed by atoms with Gasteiger partial charge >= 0.3 is 0 Å². The second kappa shape index (κ2) is 4.98. The van der Waals surface area contributed by atoms with E-state index in [-0.39, 0.29) is 5.91 Å². The highest BCUT2D eigenvalue weighted by Gasteiger charge is 2.47. The van der Waals surface area contributed by atoms with E-state index < -0.39 is 5.54 Å². The van der Waals surface area contributed by atoms with Gasteiger partial charge in [0.25, 0.3) is 0 Å². The summed E-state index contributed by atoms with van der Waals surface area (Å²) in [5, 5.41) is 0. The zero-order chi connectivity index (χ0) is 13.2. The molecule has 0 atom stereocenters. The third kappa shape index (κ3) is 2.64. The number of likely N-dealkylation sites (N-methyl/N-ethyl adjacent to an activating group) is 1. The molecule has 0 heterocycles. The van der Waals surface area contributed by atoms with Crippen LogP contribution >= 0.6 is 0 Å². The molecule has 1 aromatic carbocycles. The van der Waals surface area contributed by atoms with Crippen LogP contribution in [0.3, 0.4) is 0 Å². The Morgan fingerprint density at radius 3 is 2.72 bits per heavy atom. The number of carbonyl (C=O) groups is 1. The summed E-state index contributed by atoms with van der Waals surface area (Å²) < 4.78 is 5.29. The number of para-hydroxylation sites is 1. The molecule has 2 N–H and O–H groups in total. The van der Waals surface area contributed by atoms with Gasteiger partial charge in [-0.3, -0.25) is 4.79 Å². The number of rotatable bonds is 5. The third-order valence-electron chi connectivity index (χ3n) is 3.47. The van der Waals surface area contributed by atoms with Gasteiger partial charge < -0.3 is 15.4 Å². The first-order valence-electron chi connectivity index (χ1n) is 6.23. The lowest BCUT2D eigenvalue weighted by Crippen LogP contribution is -2.44. The summed E-state index contributed by atoms with van der Waals surface area (Å²) in [4.78, 5) is 13.7. The van der Waals surface area contributed by atoms with Crippen LogP contribution in [0.2, 0.25) is 0 Å². The number of nitrogens with two attached hydrogens (primary N) is 1. The Morgan fingerprint density at radius 2 is 2.11 bits per heavy atom. The monoisotopic (exact) mass is 248 g/mol. The van der Waals surface area contributed by atoms with E-state index in [2.05, 4.69) is 0 Å². The molecule has 0 unspecified atom stereocenters. The molecule has 1 aromatic rings. The molecule has 2 rings (SSSR count). The normalized spacial score (nSPS) is 16.2. The number of ether oxygens (including phenoxy) is 1.